The quantitative estimate of drug-likeness (QED) is 0.684. The molecule has 0 saturated carbocycles. The van der Waals surface area contributed by atoms with Crippen LogP contribution in [0.4, 0.5) is 0 Å². The van der Waals surface area contributed by atoms with Gasteiger partial charge in [-0.3, -0.25) is 9.78 Å². The van der Waals surface area contributed by atoms with Crippen molar-refractivity contribution in [3.8, 4) is 17.0 Å². The Morgan fingerprint density at radius 1 is 1.12 bits per heavy atom. The number of aryl methyl sites for hydroxylation is 1. The van der Waals surface area contributed by atoms with Crippen molar-refractivity contribution in [3.05, 3.63) is 82.0 Å². The molecule has 1 aromatic heterocycles. The Labute approximate surface area is 154 Å². The van der Waals surface area contributed by atoms with Gasteiger partial charge in [-0.05, 0) is 37.3 Å². The molecule has 3 aromatic rings. The average Bonchev–Trinajstić information content (AvgIpc) is 2.60. The molecule has 0 aliphatic carbocycles. The Hall–Kier alpha value is -2.66. The lowest BCUT2D eigenvalue weighted by molar-refractivity contribution is 0.0949. The van der Waals surface area contributed by atoms with Gasteiger partial charge >= 0.3 is 0 Å². The van der Waals surface area contributed by atoms with E-state index in [1.54, 1.807) is 24.3 Å². The molecular formula is C20H17BrN2O2. The molecule has 5 heteroatoms. The fourth-order valence-electron chi connectivity index (χ4n) is 2.54. The molecule has 1 amide bonds. The number of nitrogens with zero attached hydrogens (tertiary/aromatic N) is 1. The number of phenols is 1. The van der Waals surface area contributed by atoms with Crippen molar-refractivity contribution < 1.29 is 9.90 Å². The van der Waals surface area contributed by atoms with Crippen LogP contribution >= 0.6 is 15.9 Å². The summed E-state index contributed by atoms with van der Waals surface area (Å²) in [6.07, 6.45) is 0. The molecule has 1 heterocycles. The van der Waals surface area contributed by atoms with E-state index in [2.05, 4.69) is 26.2 Å². The molecule has 0 aliphatic rings. The van der Waals surface area contributed by atoms with Crippen LogP contribution in [0, 0.1) is 6.92 Å². The van der Waals surface area contributed by atoms with Crippen molar-refractivity contribution in [3.63, 3.8) is 0 Å². The summed E-state index contributed by atoms with van der Waals surface area (Å²) in [5.74, 6) is -0.0447. The summed E-state index contributed by atoms with van der Waals surface area (Å²) < 4.78 is 0.981. The van der Waals surface area contributed by atoms with Gasteiger partial charge < -0.3 is 10.4 Å². The first-order chi connectivity index (χ1) is 12.0. The third-order valence-electron chi connectivity index (χ3n) is 3.88. The lowest BCUT2D eigenvalue weighted by atomic mass is 10.1. The molecule has 0 spiro atoms. The summed E-state index contributed by atoms with van der Waals surface area (Å²) in [5, 5.41) is 12.6. The number of carbonyl (C=O) groups is 1. The summed E-state index contributed by atoms with van der Waals surface area (Å²) in [7, 11) is 0. The second-order valence-electron chi connectivity index (χ2n) is 5.65. The number of aromatic hydroxyl groups is 1. The minimum atomic E-state index is -0.214. The number of amides is 1. The van der Waals surface area contributed by atoms with Gasteiger partial charge in [0.25, 0.3) is 5.91 Å². The Morgan fingerprint density at radius 2 is 1.92 bits per heavy atom. The number of nitrogens with one attached hydrogen (secondary N) is 1. The average molecular weight is 397 g/mol. The van der Waals surface area contributed by atoms with Crippen molar-refractivity contribution in [1.82, 2.24) is 10.3 Å². The number of pyridine rings is 1. The molecule has 2 N–H and O–H groups in total. The number of aromatic nitrogens is 1. The minimum absolute atomic E-state index is 0.169. The number of benzene rings is 2. The monoisotopic (exact) mass is 396 g/mol. The molecule has 0 unspecified atom stereocenters. The first-order valence-corrected chi connectivity index (χ1v) is 8.62. The van der Waals surface area contributed by atoms with E-state index < -0.39 is 0 Å². The minimum Gasteiger partial charge on any atom is -0.508 e. The third kappa shape index (κ3) is 4.06. The van der Waals surface area contributed by atoms with Crippen molar-refractivity contribution in [1.29, 1.82) is 0 Å². The van der Waals surface area contributed by atoms with Crippen molar-refractivity contribution >= 4 is 21.8 Å². The zero-order valence-electron chi connectivity index (χ0n) is 13.7. The number of hydrogen-bond acceptors (Lipinski definition) is 3. The van der Waals surface area contributed by atoms with E-state index in [0.717, 1.165) is 15.7 Å². The second-order valence-corrected chi connectivity index (χ2v) is 6.57. The number of carbonyl (C=O) groups excluding carboxylic acids is 1. The van der Waals surface area contributed by atoms with E-state index in [-0.39, 0.29) is 18.2 Å². The fraction of sp³-hybridized carbons (Fsp3) is 0.100. The van der Waals surface area contributed by atoms with Gasteiger partial charge in [0.15, 0.2) is 0 Å². The number of phenolic OH excluding ortho intramolecular Hbond substituents is 1. The van der Waals surface area contributed by atoms with Crippen LogP contribution in [0.1, 0.15) is 21.6 Å². The molecular weight excluding hydrogens is 380 g/mol. The summed E-state index contributed by atoms with van der Waals surface area (Å²) >= 11 is 3.45. The van der Waals surface area contributed by atoms with E-state index >= 15 is 0 Å². The molecule has 4 nitrogen and oxygen atoms in total. The van der Waals surface area contributed by atoms with Crippen LogP contribution in [0.15, 0.2) is 65.1 Å². The number of rotatable bonds is 4. The van der Waals surface area contributed by atoms with E-state index in [4.69, 9.17) is 0 Å². The van der Waals surface area contributed by atoms with Gasteiger partial charge in [-0.1, -0.05) is 46.3 Å². The van der Waals surface area contributed by atoms with Gasteiger partial charge in [-0.2, -0.15) is 0 Å². The maximum atomic E-state index is 12.4. The summed E-state index contributed by atoms with van der Waals surface area (Å²) in [5.41, 5.74) is 3.66. The maximum Gasteiger partial charge on any atom is 0.253 e. The van der Waals surface area contributed by atoms with Crippen LogP contribution in [0.2, 0.25) is 0 Å². The lowest BCUT2D eigenvalue weighted by Gasteiger charge is -2.10. The molecule has 0 fully saturated rings. The van der Waals surface area contributed by atoms with Crippen molar-refractivity contribution in [2.45, 2.75) is 13.5 Å². The van der Waals surface area contributed by atoms with Crippen molar-refractivity contribution in [2.24, 2.45) is 0 Å². The molecule has 2 aromatic carbocycles. The second kappa shape index (κ2) is 7.49. The van der Waals surface area contributed by atoms with Crippen LogP contribution < -0.4 is 5.32 Å². The van der Waals surface area contributed by atoms with Crippen LogP contribution in [-0.4, -0.2) is 16.0 Å². The first-order valence-electron chi connectivity index (χ1n) is 7.83. The fourth-order valence-corrected chi connectivity index (χ4v) is 2.94. The van der Waals surface area contributed by atoms with Crippen molar-refractivity contribution in [2.75, 3.05) is 0 Å². The summed E-state index contributed by atoms with van der Waals surface area (Å²) in [6.45, 7) is 2.08. The van der Waals surface area contributed by atoms with Gasteiger partial charge in [0.2, 0.25) is 0 Å². The Balaban J connectivity index is 1.76. The highest BCUT2D eigenvalue weighted by atomic mass is 79.9. The van der Waals surface area contributed by atoms with Crippen LogP contribution in [0.3, 0.4) is 0 Å². The highest BCUT2D eigenvalue weighted by molar-refractivity contribution is 9.10. The molecule has 0 bridgehead atoms. The Kier molecular flexibility index (Phi) is 5.14. The van der Waals surface area contributed by atoms with E-state index in [9.17, 15) is 9.90 Å². The van der Waals surface area contributed by atoms with Gasteiger partial charge in [0.05, 0.1) is 17.0 Å². The first kappa shape index (κ1) is 17.2. The maximum absolute atomic E-state index is 12.4. The standard InChI is InChI=1S/C20H17BrN2O2/c1-13-17(20(25)22-12-15-5-2-3-8-19(15)24)9-10-18(23-13)14-6-4-7-16(21)11-14/h2-11,24H,12H2,1H3,(H,22,25). The zero-order valence-corrected chi connectivity index (χ0v) is 15.2. The van der Waals surface area contributed by atoms with E-state index in [0.29, 0.717) is 16.8 Å². The third-order valence-corrected chi connectivity index (χ3v) is 4.38. The van der Waals surface area contributed by atoms with Crippen LogP contribution in [0.5, 0.6) is 5.75 Å². The van der Waals surface area contributed by atoms with E-state index in [1.807, 2.05) is 43.3 Å². The molecule has 0 radical (unpaired) electrons. The number of hydrogen-bond donors (Lipinski definition) is 2. The lowest BCUT2D eigenvalue weighted by Crippen LogP contribution is -2.24. The highest BCUT2D eigenvalue weighted by Gasteiger charge is 2.12. The molecule has 0 atom stereocenters. The van der Waals surface area contributed by atoms with Gasteiger partial charge in [0.1, 0.15) is 5.75 Å². The topological polar surface area (TPSA) is 62.2 Å². The number of halogens is 1. The molecule has 126 valence electrons. The van der Waals surface area contributed by atoms with E-state index in [1.165, 1.54) is 0 Å². The van der Waals surface area contributed by atoms with Gasteiger partial charge in [-0.25, -0.2) is 0 Å². The summed E-state index contributed by atoms with van der Waals surface area (Å²) in [6, 6.07) is 18.4. The Morgan fingerprint density at radius 3 is 2.64 bits per heavy atom. The number of para-hydroxylation sites is 1. The largest absolute Gasteiger partial charge is 0.508 e. The summed E-state index contributed by atoms with van der Waals surface area (Å²) in [4.78, 5) is 17.0. The van der Waals surface area contributed by atoms with Crippen LogP contribution in [-0.2, 0) is 6.54 Å². The molecule has 0 saturated heterocycles. The predicted molar refractivity (Wildman–Crippen MR) is 101 cm³/mol. The molecule has 25 heavy (non-hydrogen) atoms. The van der Waals surface area contributed by atoms with Crippen LogP contribution in [0.25, 0.3) is 11.3 Å². The SMILES string of the molecule is Cc1nc(-c2cccc(Br)c2)ccc1C(=O)NCc1ccccc1O. The smallest absolute Gasteiger partial charge is 0.253 e. The predicted octanol–water partition coefficient (Wildman–Crippen LogP) is 4.46. The zero-order chi connectivity index (χ0) is 17.8. The molecule has 3 rings (SSSR count). The van der Waals surface area contributed by atoms with Gasteiger partial charge in [0, 0.05) is 22.1 Å². The highest BCUT2D eigenvalue weighted by Crippen LogP contribution is 2.22. The molecule has 0 aliphatic heterocycles. The Bertz CT molecular complexity index is 925. The normalized spacial score (nSPS) is 10.5. The van der Waals surface area contributed by atoms with Gasteiger partial charge in [-0.15, -0.1) is 0 Å².